The third-order valence-electron chi connectivity index (χ3n) is 4.28. The molecule has 138 valence electrons. The number of benzene rings is 2. The maximum Gasteiger partial charge on any atom is 0.254 e. The van der Waals surface area contributed by atoms with Gasteiger partial charge in [0, 0.05) is 24.3 Å². The zero-order chi connectivity index (χ0) is 18.8. The van der Waals surface area contributed by atoms with Crippen molar-refractivity contribution >= 4 is 17.5 Å². The zero-order valence-corrected chi connectivity index (χ0v) is 15.5. The first kappa shape index (κ1) is 19.7. The summed E-state index contributed by atoms with van der Waals surface area (Å²) in [6, 6.07) is 18.4. The van der Waals surface area contributed by atoms with Crippen molar-refractivity contribution in [1.29, 1.82) is 0 Å². The Hall–Kier alpha value is -2.66. The molecule has 0 aromatic heterocycles. The van der Waals surface area contributed by atoms with Crippen LogP contribution in [0.15, 0.2) is 60.7 Å². The Labute approximate surface area is 155 Å². The molecule has 5 nitrogen and oxygen atoms in total. The predicted octanol–water partition coefficient (Wildman–Crippen LogP) is 3.11. The smallest absolute Gasteiger partial charge is 0.254 e. The van der Waals surface area contributed by atoms with Crippen LogP contribution in [0.1, 0.15) is 24.2 Å². The molecule has 0 saturated heterocycles. The number of hydrogen-bond acceptors (Lipinski definition) is 3. The molecule has 5 heteroatoms. The van der Waals surface area contributed by atoms with Crippen molar-refractivity contribution in [2.45, 2.75) is 13.8 Å². The van der Waals surface area contributed by atoms with Crippen LogP contribution in [-0.2, 0) is 4.79 Å². The molecule has 26 heavy (non-hydrogen) atoms. The second-order valence-corrected chi connectivity index (χ2v) is 6.03. The Morgan fingerprint density at radius 2 is 1.42 bits per heavy atom. The van der Waals surface area contributed by atoms with E-state index in [-0.39, 0.29) is 18.4 Å². The van der Waals surface area contributed by atoms with E-state index < -0.39 is 0 Å². The largest absolute Gasteiger partial charge is 0.328 e. The number of hydrogen-bond donors (Lipinski definition) is 1. The normalized spacial score (nSPS) is 10.6. The van der Waals surface area contributed by atoms with Crippen molar-refractivity contribution in [2.75, 3.05) is 38.0 Å². The minimum Gasteiger partial charge on any atom is -0.328 e. The number of nitrogens with zero attached hydrogens (tertiary/aromatic N) is 2. The molecule has 0 aliphatic carbocycles. The van der Waals surface area contributed by atoms with E-state index in [2.05, 4.69) is 24.1 Å². The van der Waals surface area contributed by atoms with Crippen molar-refractivity contribution in [3.8, 4) is 0 Å². The van der Waals surface area contributed by atoms with Gasteiger partial charge in [-0.2, -0.15) is 0 Å². The van der Waals surface area contributed by atoms with Crippen LogP contribution in [0.3, 0.4) is 0 Å². The summed E-state index contributed by atoms with van der Waals surface area (Å²) < 4.78 is 0. The van der Waals surface area contributed by atoms with Gasteiger partial charge < -0.3 is 15.1 Å². The molecule has 0 bridgehead atoms. The van der Waals surface area contributed by atoms with E-state index in [1.54, 1.807) is 17.0 Å². The van der Waals surface area contributed by atoms with Crippen molar-refractivity contribution in [3.63, 3.8) is 0 Å². The average molecular weight is 353 g/mol. The van der Waals surface area contributed by atoms with Crippen molar-refractivity contribution < 1.29 is 9.59 Å². The molecule has 0 saturated carbocycles. The fraction of sp³-hybridized carbons (Fsp3) is 0.333. The lowest BCUT2D eigenvalue weighted by Gasteiger charge is -2.26. The second kappa shape index (κ2) is 10.4. The summed E-state index contributed by atoms with van der Waals surface area (Å²) in [5.74, 6) is -0.319. The lowest BCUT2D eigenvalue weighted by molar-refractivity contribution is -0.116. The van der Waals surface area contributed by atoms with E-state index in [4.69, 9.17) is 0 Å². The molecule has 0 aliphatic heterocycles. The van der Waals surface area contributed by atoms with Gasteiger partial charge in [0.25, 0.3) is 5.91 Å². The van der Waals surface area contributed by atoms with Gasteiger partial charge in [-0.3, -0.25) is 9.59 Å². The molecule has 0 radical (unpaired) electrons. The van der Waals surface area contributed by atoms with Gasteiger partial charge in [0.1, 0.15) is 6.54 Å². The van der Waals surface area contributed by atoms with Gasteiger partial charge in [0.15, 0.2) is 0 Å². The van der Waals surface area contributed by atoms with E-state index in [0.29, 0.717) is 12.1 Å². The first-order chi connectivity index (χ1) is 12.6. The molecular formula is C21H27N3O2. The molecular weight excluding hydrogens is 326 g/mol. The number of carbonyl (C=O) groups is 2. The van der Waals surface area contributed by atoms with Crippen LogP contribution in [0.4, 0.5) is 5.69 Å². The maximum atomic E-state index is 12.8. The molecule has 0 spiro atoms. The van der Waals surface area contributed by atoms with Crippen molar-refractivity contribution in [2.24, 2.45) is 0 Å². The predicted molar refractivity (Wildman–Crippen MR) is 105 cm³/mol. The summed E-state index contributed by atoms with van der Waals surface area (Å²) in [6.07, 6.45) is 0. The van der Waals surface area contributed by atoms with Crippen LogP contribution in [0, 0.1) is 0 Å². The molecule has 0 aliphatic rings. The average Bonchev–Trinajstić information content (AvgIpc) is 2.68. The van der Waals surface area contributed by atoms with Gasteiger partial charge in [0.05, 0.1) is 0 Å². The number of carbonyl (C=O) groups excluding carboxylic acids is 2. The van der Waals surface area contributed by atoms with Crippen LogP contribution < -0.4 is 5.32 Å². The van der Waals surface area contributed by atoms with E-state index in [9.17, 15) is 9.59 Å². The van der Waals surface area contributed by atoms with E-state index in [1.807, 2.05) is 48.5 Å². The first-order valence-corrected chi connectivity index (χ1v) is 9.05. The van der Waals surface area contributed by atoms with E-state index >= 15 is 0 Å². The van der Waals surface area contributed by atoms with Gasteiger partial charge in [-0.05, 0) is 37.4 Å². The lowest BCUT2D eigenvalue weighted by atomic mass is 10.2. The quantitative estimate of drug-likeness (QED) is 0.754. The van der Waals surface area contributed by atoms with Crippen LogP contribution in [0.25, 0.3) is 0 Å². The van der Waals surface area contributed by atoms with E-state index in [0.717, 1.165) is 25.3 Å². The van der Waals surface area contributed by atoms with Crippen molar-refractivity contribution in [1.82, 2.24) is 9.80 Å². The summed E-state index contributed by atoms with van der Waals surface area (Å²) in [5, 5.41) is 2.85. The van der Waals surface area contributed by atoms with Gasteiger partial charge in [0.2, 0.25) is 5.91 Å². The Morgan fingerprint density at radius 1 is 0.846 bits per heavy atom. The Bertz CT molecular complexity index is 685. The molecule has 0 atom stereocenters. The number of anilines is 1. The maximum absolute atomic E-state index is 12.8. The molecule has 0 unspecified atom stereocenters. The molecule has 0 fully saturated rings. The van der Waals surface area contributed by atoms with Gasteiger partial charge in [-0.1, -0.05) is 50.2 Å². The topological polar surface area (TPSA) is 52.6 Å². The number of likely N-dealkylation sites (N-methyl/N-ethyl adjacent to an activating group) is 1. The molecule has 1 N–H and O–H groups in total. The standard InChI is InChI=1S/C21H27N3O2/c1-3-23(4-2)15-16-24(21(26)18-11-7-5-8-12-18)17-20(25)22-19-13-9-6-10-14-19/h5-14H,3-4,15-17H2,1-2H3,(H,22,25). The summed E-state index contributed by atoms with van der Waals surface area (Å²) >= 11 is 0. The monoisotopic (exact) mass is 353 g/mol. The van der Waals surface area contributed by atoms with Crippen LogP contribution in [-0.4, -0.2) is 54.3 Å². The summed E-state index contributed by atoms with van der Waals surface area (Å²) in [7, 11) is 0. The minimum absolute atomic E-state index is 0.0316. The highest BCUT2D eigenvalue weighted by atomic mass is 16.2. The summed E-state index contributed by atoms with van der Waals surface area (Å²) in [6.45, 7) is 7.30. The van der Waals surface area contributed by atoms with Gasteiger partial charge in [-0.15, -0.1) is 0 Å². The third kappa shape index (κ3) is 6.01. The van der Waals surface area contributed by atoms with Gasteiger partial charge in [-0.25, -0.2) is 0 Å². The highest BCUT2D eigenvalue weighted by Gasteiger charge is 2.19. The van der Waals surface area contributed by atoms with E-state index in [1.165, 1.54) is 0 Å². The molecule has 2 amide bonds. The Kier molecular flexibility index (Phi) is 7.83. The summed E-state index contributed by atoms with van der Waals surface area (Å²) in [5.41, 5.74) is 1.33. The highest BCUT2D eigenvalue weighted by molar-refractivity contribution is 5.99. The van der Waals surface area contributed by atoms with Crippen molar-refractivity contribution in [3.05, 3.63) is 66.2 Å². The number of para-hydroxylation sites is 1. The Morgan fingerprint density at radius 3 is 2.00 bits per heavy atom. The molecule has 2 aromatic carbocycles. The SMILES string of the molecule is CCN(CC)CCN(CC(=O)Nc1ccccc1)C(=O)c1ccccc1. The zero-order valence-electron chi connectivity index (χ0n) is 15.5. The fourth-order valence-corrected chi connectivity index (χ4v) is 2.71. The second-order valence-electron chi connectivity index (χ2n) is 6.03. The van der Waals surface area contributed by atoms with Gasteiger partial charge >= 0.3 is 0 Å². The fourth-order valence-electron chi connectivity index (χ4n) is 2.71. The third-order valence-corrected chi connectivity index (χ3v) is 4.28. The number of nitrogens with one attached hydrogen (secondary N) is 1. The molecule has 2 rings (SSSR count). The van der Waals surface area contributed by atoms with Crippen LogP contribution in [0.2, 0.25) is 0 Å². The highest BCUT2D eigenvalue weighted by Crippen LogP contribution is 2.08. The first-order valence-electron chi connectivity index (χ1n) is 9.05. The Balaban J connectivity index is 2.06. The minimum atomic E-state index is -0.194. The molecule has 0 heterocycles. The van der Waals surface area contributed by atoms with Crippen LogP contribution in [0.5, 0.6) is 0 Å². The molecule has 2 aromatic rings. The van der Waals surface area contributed by atoms with Crippen LogP contribution >= 0.6 is 0 Å². The lowest BCUT2D eigenvalue weighted by Crippen LogP contribution is -2.42. The number of amides is 2. The number of rotatable bonds is 9. The summed E-state index contributed by atoms with van der Waals surface area (Å²) in [4.78, 5) is 29.1.